The number of thioether (sulfide) groups is 1. The maximum atomic E-state index is 13.1. The van der Waals surface area contributed by atoms with Crippen LogP contribution in [0.1, 0.15) is 38.5 Å². The van der Waals surface area contributed by atoms with Crippen LogP contribution in [0.2, 0.25) is 10.0 Å². The van der Waals surface area contributed by atoms with Gasteiger partial charge in [0.15, 0.2) is 5.17 Å². The molecule has 2 heterocycles. The SMILES string of the molecule is Cl.O=C(Nc1cc(Cl)cc(Cl)c1)C1=C(C2CCCCC2)N2CCCN=C2S1. The number of amides is 1. The lowest BCUT2D eigenvalue weighted by atomic mass is 9.86. The molecule has 146 valence electrons. The van der Waals surface area contributed by atoms with Crippen molar-refractivity contribution in [2.24, 2.45) is 10.9 Å². The van der Waals surface area contributed by atoms with Crippen LogP contribution in [0, 0.1) is 5.92 Å². The van der Waals surface area contributed by atoms with E-state index in [4.69, 9.17) is 23.2 Å². The summed E-state index contributed by atoms with van der Waals surface area (Å²) in [6, 6.07) is 5.10. The standard InChI is InChI=1S/C19H21Cl2N3OS.ClH/c20-13-9-14(21)11-15(10-13)23-18(25)17-16(12-5-2-1-3-6-12)24-8-4-7-22-19(24)26-17;/h9-12H,1-8H2,(H,23,25);1H. The minimum atomic E-state index is -0.0917. The summed E-state index contributed by atoms with van der Waals surface area (Å²) >= 11 is 13.6. The van der Waals surface area contributed by atoms with E-state index >= 15 is 0 Å². The van der Waals surface area contributed by atoms with E-state index in [1.165, 1.54) is 36.7 Å². The van der Waals surface area contributed by atoms with Gasteiger partial charge in [0.2, 0.25) is 0 Å². The largest absolute Gasteiger partial charge is 0.323 e. The Hall–Kier alpha value is -0.880. The number of aliphatic imine (C=N–C) groups is 1. The Balaban J connectivity index is 0.00000210. The van der Waals surface area contributed by atoms with Crippen molar-refractivity contribution in [2.75, 3.05) is 18.4 Å². The Bertz CT molecular complexity index is 770. The molecule has 0 bridgehead atoms. The molecule has 0 unspecified atom stereocenters. The molecule has 0 radical (unpaired) electrons. The van der Waals surface area contributed by atoms with E-state index in [1.54, 1.807) is 18.2 Å². The fourth-order valence-corrected chi connectivity index (χ4v) is 5.61. The van der Waals surface area contributed by atoms with Gasteiger partial charge in [0, 0.05) is 40.4 Å². The number of halogens is 3. The summed E-state index contributed by atoms with van der Waals surface area (Å²) in [5.74, 6) is 0.358. The van der Waals surface area contributed by atoms with Crippen LogP contribution >= 0.6 is 47.4 Å². The first-order chi connectivity index (χ1) is 12.6. The van der Waals surface area contributed by atoms with Crippen molar-refractivity contribution < 1.29 is 4.79 Å². The molecule has 2 aliphatic heterocycles. The number of fused-ring (bicyclic) bond motifs is 1. The smallest absolute Gasteiger partial charge is 0.264 e. The summed E-state index contributed by atoms with van der Waals surface area (Å²) in [4.78, 5) is 20.8. The number of nitrogens with zero attached hydrogens (tertiary/aromatic N) is 2. The molecule has 1 amide bonds. The van der Waals surface area contributed by atoms with Gasteiger partial charge in [-0.1, -0.05) is 42.5 Å². The van der Waals surface area contributed by atoms with E-state index in [9.17, 15) is 4.79 Å². The third-order valence-corrected chi connectivity index (χ3v) is 6.62. The molecule has 27 heavy (non-hydrogen) atoms. The van der Waals surface area contributed by atoms with Gasteiger partial charge in [-0.2, -0.15) is 0 Å². The maximum Gasteiger partial charge on any atom is 0.264 e. The summed E-state index contributed by atoms with van der Waals surface area (Å²) < 4.78 is 0. The highest BCUT2D eigenvalue weighted by molar-refractivity contribution is 8.18. The monoisotopic (exact) mass is 445 g/mol. The molecule has 1 fully saturated rings. The van der Waals surface area contributed by atoms with Gasteiger partial charge >= 0.3 is 0 Å². The lowest BCUT2D eigenvalue weighted by molar-refractivity contribution is -0.112. The first kappa shape index (κ1) is 20.8. The van der Waals surface area contributed by atoms with Crippen molar-refractivity contribution in [1.82, 2.24) is 4.90 Å². The summed E-state index contributed by atoms with van der Waals surface area (Å²) in [5.41, 5.74) is 1.80. The predicted octanol–water partition coefficient (Wildman–Crippen LogP) is 5.95. The van der Waals surface area contributed by atoms with Gasteiger partial charge in [-0.15, -0.1) is 12.4 Å². The molecule has 0 aromatic heterocycles. The van der Waals surface area contributed by atoms with Gasteiger partial charge in [-0.3, -0.25) is 9.79 Å². The fraction of sp³-hybridized carbons (Fsp3) is 0.474. The van der Waals surface area contributed by atoms with Gasteiger partial charge in [-0.05, 0) is 49.2 Å². The third-order valence-electron chi connectivity index (χ3n) is 5.05. The number of hydrogen-bond acceptors (Lipinski definition) is 4. The zero-order valence-corrected chi connectivity index (χ0v) is 18.0. The molecule has 1 aliphatic carbocycles. The highest BCUT2D eigenvalue weighted by atomic mass is 35.5. The van der Waals surface area contributed by atoms with E-state index in [0.717, 1.165) is 42.4 Å². The molecular weight excluding hydrogens is 425 g/mol. The van der Waals surface area contributed by atoms with Crippen LogP contribution in [0.4, 0.5) is 5.69 Å². The molecule has 1 aromatic carbocycles. The van der Waals surface area contributed by atoms with E-state index in [-0.39, 0.29) is 18.3 Å². The van der Waals surface area contributed by atoms with Crippen LogP contribution < -0.4 is 5.32 Å². The van der Waals surface area contributed by atoms with Crippen molar-refractivity contribution in [3.63, 3.8) is 0 Å². The van der Waals surface area contributed by atoms with Crippen molar-refractivity contribution in [1.29, 1.82) is 0 Å². The highest BCUT2D eigenvalue weighted by Gasteiger charge is 2.38. The number of allylic oxidation sites excluding steroid dienone is 1. The van der Waals surface area contributed by atoms with E-state index in [2.05, 4.69) is 15.2 Å². The first-order valence-corrected chi connectivity index (χ1v) is 10.7. The minimum Gasteiger partial charge on any atom is -0.323 e. The Morgan fingerprint density at radius 1 is 1.11 bits per heavy atom. The lowest BCUT2D eigenvalue weighted by Crippen LogP contribution is -2.33. The van der Waals surface area contributed by atoms with Crippen LogP contribution in [-0.2, 0) is 4.79 Å². The highest BCUT2D eigenvalue weighted by Crippen LogP contribution is 2.44. The quantitative estimate of drug-likeness (QED) is 0.623. The number of carbonyl (C=O) groups excluding carboxylic acids is 1. The van der Waals surface area contributed by atoms with E-state index in [1.807, 2.05) is 0 Å². The Kier molecular flexibility index (Phi) is 7.01. The van der Waals surface area contributed by atoms with Crippen LogP contribution in [0.5, 0.6) is 0 Å². The number of hydrogen-bond donors (Lipinski definition) is 1. The molecule has 0 atom stereocenters. The molecule has 0 spiro atoms. The Morgan fingerprint density at radius 2 is 1.81 bits per heavy atom. The van der Waals surface area contributed by atoms with Gasteiger partial charge in [0.1, 0.15) is 4.91 Å². The van der Waals surface area contributed by atoms with Gasteiger partial charge in [0.25, 0.3) is 5.91 Å². The Labute approximate surface area is 180 Å². The third kappa shape index (κ3) is 4.58. The van der Waals surface area contributed by atoms with Crippen molar-refractivity contribution in [3.05, 3.63) is 38.8 Å². The maximum absolute atomic E-state index is 13.1. The lowest BCUT2D eigenvalue weighted by Gasteiger charge is -2.32. The number of carbonyl (C=O) groups is 1. The van der Waals surface area contributed by atoms with Crippen LogP contribution in [0.25, 0.3) is 0 Å². The number of benzene rings is 1. The summed E-state index contributed by atoms with van der Waals surface area (Å²) in [6.07, 6.45) is 7.11. The number of amidine groups is 1. The van der Waals surface area contributed by atoms with Crippen molar-refractivity contribution in [3.8, 4) is 0 Å². The zero-order chi connectivity index (χ0) is 18.1. The summed E-state index contributed by atoms with van der Waals surface area (Å²) in [6.45, 7) is 1.80. The molecule has 4 rings (SSSR count). The molecule has 1 N–H and O–H groups in total. The van der Waals surface area contributed by atoms with Crippen LogP contribution in [0.15, 0.2) is 33.8 Å². The van der Waals surface area contributed by atoms with E-state index in [0.29, 0.717) is 21.7 Å². The number of rotatable bonds is 3. The van der Waals surface area contributed by atoms with Gasteiger partial charge < -0.3 is 10.2 Å². The van der Waals surface area contributed by atoms with Gasteiger partial charge in [-0.25, -0.2) is 0 Å². The van der Waals surface area contributed by atoms with Gasteiger partial charge in [0.05, 0.1) is 0 Å². The Morgan fingerprint density at radius 3 is 2.52 bits per heavy atom. The molecule has 0 saturated heterocycles. The normalized spacial score (nSPS) is 20.1. The fourth-order valence-electron chi connectivity index (χ4n) is 3.92. The summed E-state index contributed by atoms with van der Waals surface area (Å²) in [7, 11) is 0. The molecule has 8 heteroatoms. The van der Waals surface area contributed by atoms with Crippen LogP contribution in [-0.4, -0.2) is 29.1 Å². The summed E-state index contributed by atoms with van der Waals surface area (Å²) in [5, 5.41) is 4.97. The van der Waals surface area contributed by atoms with Crippen molar-refractivity contribution >= 4 is 64.1 Å². The van der Waals surface area contributed by atoms with E-state index < -0.39 is 0 Å². The van der Waals surface area contributed by atoms with Crippen LogP contribution in [0.3, 0.4) is 0 Å². The number of anilines is 1. The molecular formula is C19H22Cl3N3OS. The first-order valence-electron chi connectivity index (χ1n) is 9.13. The predicted molar refractivity (Wildman–Crippen MR) is 117 cm³/mol. The average molecular weight is 447 g/mol. The minimum absolute atomic E-state index is 0. The second kappa shape index (κ2) is 9.08. The molecule has 1 aromatic rings. The number of nitrogens with one attached hydrogen (secondary N) is 1. The molecule has 1 saturated carbocycles. The van der Waals surface area contributed by atoms with Crippen molar-refractivity contribution in [2.45, 2.75) is 38.5 Å². The molecule has 4 nitrogen and oxygen atoms in total. The average Bonchev–Trinajstić information content (AvgIpc) is 3.01. The second-order valence-electron chi connectivity index (χ2n) is 6.93. The zero-order valence-electron chi connectivity index (χ0n) is 14.8. The molecule has 3 aliphatic rings. The second-order valence-corrected chi connectivity index (χ2v) is 8.78. The topological polar surface area (TPSA) is 44.7 Å².